The summed E-state index contributed by atoms with van der Waals surface area (Å²) in [5.74, 6) is -0.171. The lowest BCUT2D eigenvalue weighted by Gasteiger charge is -2.19. The van der Waals surface area contributed by atoms with E-state index in [1.165, 1.54) is 0 Å². The first kappa shape index (κ1) is 23.7. The second kappa shape index (κ2) is 9.79. The maximum Gasteiger partial charge on any atom is 0.308 e. The van der Waals surface area contributed by atoms with Crippen LogP contribution in [-0.4, -0.2) is 36.3 Å². The van der Waals surface area contributed by atoms with Crippen molar-refractivity contribution in [1.82, 2.24) is 8.87 Å². The fourth-order valence-electron chi connectivity index (χ4n) is 4.16. The highest BCUT2D eigenvalue weighted by atomic mass is 32.2. The molecule has 1 amide bonds. The van der Waals surface area contributed by atoms with Crippen LogP contribution in [0.25, 0.3) is 10.2 Å². The summed E-state index contributed by atoms with van der Waals surface area (Å²) in [6.45, 7) is 5.25. The van der Waals surface area contributed by atoms with Crippen molar-refractivity contribution in [2.24, 2.45) is 0 Å². The molecule has 2 heterocycles. The van der Waals surface area contributed by atoms with Crippen molar-refractivity contribution < 1.29 is 13.2 Å². The van der Waals surface area contributed by atoms with Crippen molar-refractivity contribution in [2.75, 3.05) is 18.4 Å². The Kier molecular flexibility index (Phi) is 7.02. The Morgan fingerprint density at radius 2 is 1.79 bits per heavy atom. The smallest absolute Gasteiger partial charge is 0.308 e. The third-order valence-corrected chi connectivity index (χ3v) is 9.12. The van der Waals surface area contributed by atoms with Gasteiger partial charge in [-0.05, 0) is 62.1 Å². The molecule has 0 saturated carbocycles. The molecule has 4 rings (SSSR count). The van der Waals surface area contributed by atoms with Gasteiger partial charge in [-0.25, -0.2) is 8.42 Å². The number of thiazole rings is 1. The first-order chi connectivity index (χ1) is 15.8. The van der Waals surface area contributed by atoms with Crippen LogP contribution in [0.2, 0.25) is 0 Å². The second-order valence-corrected chi connectivity index (χ2v) is 11.4. The number of hydrogen-bond acceptors (Lipinski definition) is 5. The molecule has 1 aliphatic heterocycles. The molecule has 0 spiro atoms. The first-order valence-electron chi connectivity index (χ1n) is 11.3. The zero-order chi connectivity index (χ0) is 23.6. The van der Waals surface area contributed by atoms with Gasteiger partial charge in [-0.2, -0.15) is 4.31 Å². The van der Waals surface area contributed by atoms with E-state index in [1.54, 1.807) is 27.1 Å². The maximum atomic E-state index is 13.1. The largest absolute Gasteiger partial charge is 0.326 e. The molecule has 1 aliphatic rings. The van der Waals surface area contributed by atoms with Crippen LogP contribution in [0.1, 0.15) is 43.2 Å². The highest BCUT2D eigenvalue weighted by Crippen LogP contribution is 2.26. The van der Waals surface area contributed by atoms with Gasteiger partial charge in [-0.1, -0.05) is 36.3 Å². The number of rotatable bonds is 6. The maximum absolute atomic E-state index is 13.1. The molecule has 0 aliphatic carbocycles. The van der Waals surface area contributed by atoms with E-state index in [0.717, 1.165) is 53.8 Å². The van der Waals surface area contributed by atoms with Crippen LogP contribution in [-0.2, 0) is 21.4 Å². The van der Waals surface area contributed by atoms with Crippen LogP contribution in [0.3, 0.4) is 0 Å². The molecule has 0 bridgehead atoms. The SMILES string of the molecule is Cc1cccc(NC(=O)CCn2c(=O)sc3cc(S(=O)(=O)N4CCCCCC4)ccc32)c1C. The van der Waals surface area contributed by atoms with Gasteiger partial charge >= 0.3 is 4.87 Å². The molecule has 7 nitrogen and oxygen atoms in total. The number of nitrogens with one attached hydrogen (secondary N) is 1. The number of amides is 1. The first-order valence-corrected chi connectivity index (χ1v) is 13.5. The molecule has 0 unspecified atom stereocenters. The summed E-state index contributed by atoms with van der Waals surface area (Å²) in [6, 6.07) is 10.6. The number of carbonyl (C=O) groups excluding carboxylic acids is 1. The minimum absolute atomic E-state index is 0.146. The Morgan fingerprint density at radius 1 is 1.06 bits per heavy atom. The molecular weight excluding hydrogens is 458 g/mol. The van der Waals surface area contributed by atoms with Gasteiger partial charge in [0.15, 0.2) is 0 Å². The molecule has 1 saturated heterocycles. The third-order valence-electron chi connectivity index (χ3n) is 6.28. The number of aromatic nitrogens is 1. The number of anilines is 1. The highest BCUT2D eigenvalue weighted by molar-refractivity contribution is 7.89. The zero-order valence-electron chi connectivity index (χ0n) is 19.0. The van der Waals surface area contributed by atoms with Gasteiger partial charge in [0, 0.05) is 31.7 Å². The summed E-state index contributed by atoms with van der Waals surface area (Å²) in [5, 5.41) is 2.92. The van der Waals surface area contributed by atoms with Crippen molar-refractivity contribution in [3.8, 4) is 0 Å². The van der Waals surface area contributed by atoms with Crippen molar-refractivity contribution in [1.29, 1.82) is 0 Å². The minimum Gasteiger partial charge on any atom is -0.326 e. The third kappa shape index (κ3) is 5.05. The second-order valence-electron chi connectivity index (χ2n) is 8.51. The Labute approximate surface area is 198 Å². The molecule has 3 aromatic rings. The number of nitrogens with zero attached hydrogens (tertiary/aromatic N) is 2. The van der Waals surface area contributed by atoms with E-state index in [1.807, 2.05) is 32.0 Å². The molecule has 176 valence electrons. The van der Waals surface area contributed by atoms with E-state index >= 15 is 0 Å². The highest BCUT2D eigenvalue weighted by Gasteiger charge is 2.26. The van der Waals surface area contributed by atoms with Crippen LogP contribution < -0.4 is 10.2 Å². The monoisotopic (exact) mass is 487 g/mol. The molecular formula is C24H29N3O4S2. The Hall–Kier alpha value is -2.49. The molecule has 0 radical (unpaired) electrons. The molecule has 1 aromatic heterocycles. The fraction of sp³-hybridized carbons (Fsp3) is 0.417. The van der Waals surface area contributed by atoms with Gasteiger partial charge in [-0.3, -0.25) is 14.2 Å². The van der Waals surface area contributed by atoms with Gasteiger partial charge in [-0.15, -0.1) is 0 Å². The number of fused-ring (bicyclic) bond motifs is 1. The molecule has 33 heavy (non-hydrogen) atoms. The Balaban J connectivity index is 1.51. The number of aryl methyl sites for hydroxylation is 2. The van der Waals surface area contributed by atoms with Crippen LogP contribution in [0, 0.1) is 13.8 Å². The van der Waals surface area contributed by atoms with E-state index in [2.05, 4.69) is 5.32 Å². The van der Waals surface area contributed by atoms with Gasteiger partial charge in [0.2, 0.25) is 15.9 Å². The normalized spacial score (nSPS) is 15.5. The quantitative estimate of drug-likeness (QED) is 0.562. The van der Waals surface area contributed by atoms with Gasteiger partial charge in [0.1, 0.15) is 0 Å². The topological polar surface area (TPSA) is 88.5 Å². The summed E-state index contributed by atoms with van der Waals surface area (Å²) < 4.78 is 29.9. The lowest BCUT2D eigenvalue weighted by atomic mass is 10.1. The zero-order valence-corrected chi connectivity index (χ0v) is 20.6. The van der Waals surface area contributed by atoms with Crippen molar-refractivity contribution in [3.05, 3.63) is 57.2 Å². The van der Waals surface area contributed by atoms with E-state index in [9.17, 15) is 18.0 Å². The molecule has 9 heteroatoms. The predicted octanol–water partition coefficient (Wildman–Crippen LogP) is 4.27. The lowest BCUT2D eigenvalue weighted by molar-refractivity contribution is -0.116. The van der Waals surface area contributed by atoms with E-state index in [0.29, 0.717) is 23.3 Å². The average molecular weight is 488 g/mol. The summed E-state index contributed by atoms with van der Waals surface area (Å²) in [4.78, 5) is 25.1. The van der Waals surface area contributed by atoms with E-state index < -0.39 is 10.0 Å². The number of benzene rings is 2. The molecule has 0 atom stereocenters. The van der Waals surface area contributed by atoms with Gasteiger partial charge in [0.05, 0.1) is 15.1 Å². The summed E-state index contributed by atoms with van der Waals surface area (Å²) in [6.07, 6.45) is 3.98. The summed E-state index contributed by atoms with van der Waals surface area (Å²) >= 11 is 1.01. The standard InChI is InChI=1S/C24H29N3O4S2/c1-17-8-7-9-20(18(17)2)25-23(28)12-15-27-21-11-10-19(16-22(21)32-24(27)29)33(30,31)26-13-5-3-4-6-14-26/h7-11,16H,3-6,12-15H2,1-2H3,(H,25,28). The van der Waals surface area contributed by atoms with Crippen LogP contribution >= 0.6 is 11.3 Å². The van der Waals surface area contributed by atoms with Crippen LogP contribution in [0.5, 0.6) is 0 Å². The molecule has 1 fully saturated rings. The average Bonchev–Trinajstić information content (AvgIpc) is 2.94. The van der Waals surface area contributed by atoms with E-state index in [-0.39, 0.29) is 28.6 Å². The van der Waals surface area contributed by atoms with Gasteiger partial charge < -0.3 is 5.32 Å². The minimum atomic E-state index is -3.58. The molecule has 2 aromatic carbocycles. The Morgan fingerprint density at radius 3 is 2.52 bits per heavy atom. The van der Waals surface area contributed by atoms with Crippen molar-refractivity contribution in [2.45, 2.75) is 57.4 Å². The Bertz CT molecular complexity index is 1330. The summed E-state index contributed by atoms with van der Waals surface area (Å²) in [7, 11) is -3.58. The van der Waals surface area contributed by atoms with Crippen LogP contribution in [0.4, 0.5) is 5.69 Å². The fourth-order valence-corrected chi connectivity index (χ4v) is 6.74. The van der Waals surface area contributed by atoms with E-state index in [4.69, 9.17) is 0 Å². The van der Waals surface area contributed by atoms with Crippen molar-refractivity contribution >= 4 is 43.2 Å². The van der Waals surface area contributed by atoms with Crippen LogP contribution in [0.15, 0.2) is 46.1 Å². The lowest BCUT2D eigenvalue weighted by Crippen LogP contribution is -2.31. The number of carbonyl (C=O) groups is 1. The number of sulfonamides is 1. The number of hydrogen-bond donors (Lipinski definition) is 1. The van der Waals surface area contributed by atoms with Crippen molar-refractivity contribution in [3.63, 3.8) is 0 Å². The summed E-state index contributed by atoms with van der Waals surface area (Å²) in [5.41, 5.74) is 3.53. The van der Waals surface area contributed by atoms with Gasteiger partial charge in [0.25, 0.3) is 0 Å². The predicted molar refractivity (Wildman–Crippen MR) is 132 cm³/mol. The molecule has 1 N–H and O–H groups in total.